The lowest BCUT2D eigenvalue weighted by atomic mass is 10.3. The van der Waals surface area contributed by atoms with Gasteiger partial charge in [0.2, 0.25) is 0 Å². The zero-order valence-electron chi connectivity index (χ0n) is 15.0. The van der Waals surface area contributed by atoms with Crippen molar-refractivity contribution in [3.8, 4) is 18.2 Å². The van der Waals surface area contributed by atoms with Crippen LogP contribution in [0.5, 0.6) is 0 Å². The van der Waals surface area contributed by atoms with Crippen LogP contribution in [0.4, 0.5) is 0 Å². The van der Waals surface area contributed by atoms with Gasteiger partial charge in [0.05, 0.1) is 18.2 Å². The number of hydrogen-bond acceptors (Lipinski definition) is 7. The standard InChI is InChI=1S/C10H16N4.C4H10N2.C3H4ClN.2CH4/c11-3-1-5-13-7-9-14(10-8-13)6-2-4-12;1-2-6-4-3-5-1;4-2-1-3-5;;/h1-2,5-10H2;5-6H,1-4H2;1-2H2;2*1H4. The van der Waals surface area contributed by atoms with Crippen LogP contribution in [0.15, 0.2) is 0 Å². The summed E-state index contributed by atoms with van der Waals surface area (Å²) in [5.74, 6) is 0.455. The van der Waals surface area contributed by atoms with Crippen LogP contribution in [0.3, 0.4) is 0 Å². The molecular weight excluding hydrogens is 362 g/mol. The Hall–Kier alpha value is -1.40. The first-order valence-electron chi connectivity index (χ1n) is 8.81. The second kappa shape index (κ2) is 24.6. The maximum Gasteiger partial charge on any atom is 0.0635 e. The molecule has 2 N–H and O–H groups in total. The molecule has 7 nitrogen and oxygen atoms in total. The normalized spacial score (nSPS) is 16.2. The molecular formula is C19H38ClN7. The van der Waals surface area contributed by atoms with E-state index in [9.17, 15) is 0 Å². The summed E-state index contributed by atoms with van der Waals surface area (Å²) in [7, 11) is 0. The molecule has 0 aromatic heterocycles. The van der Waals surface area contributed by atoms with Crippen LogP contribution in [0.25, 0.3) is 0 Å². The Bertz CT molecular complexity index is 376. The Labute approximate surface area is 171 Å². The summed E-state index contributed by atoms with van der Waals surface area (Å²) < 4.78 is 0. The lowest BCUT2D eigenvalue weighted by Gasteiger charge is -2.33. The highest BCUT2D eigenvalue weighted by atomic mass is 35.5. The third kappa shape index (κ3) is 20.8. The predicted molar refractivity (Wildman–Crippen MR) is 113 cm³/mol. The van der Waals surface area contributed by atoms with Crippen LogP contribution in [-0.4, -0.2) is 81.1 Å². The molecule has 2 aliphatic heterocycles. The lowest BCUT2D eigenvalue weighted by molar-refractivity contribution is 0.136. The highest BCUT2D eigenvalue weighted by Gasteiger charge is 2.15. The molecule has 0 aromatic rings. The third-order valence-electron chi connectivity index (χ3n) is 3.71. The Morgan fingerprint density at radius 2 is 1.00 bits per heavy atom. The van der Waals surface area contributed by atoms with E-state index in [2.05, 4.69) is 32.6 Å². The second-order valence-electron chi connectivity index (χ2n) is 5.60. The van der Waals surface area contributed by atoms with E-state index in [4.69, 9.17) is 27.4 Å². The van der Waals surface area contributed by atoms with E-state index >= 15 is 0 Å². The van der Waals surface area contributed by atoms with Gasteiger partial charge in [-0.15, -0.1) is 11.6 Å². The summed E-state index contributed by atoms with van der Waals surface area (Å²) in [6.07, 6.45) is 1.71. The summed E-state index contributed by atoms with van der Waals surface area (Å²) in [6.45, 7) is 10.5. The van der Waals surface area contributed by atoms with Crippen molar-refractivity contribution in [1.29, 1.82) is 15.8 Å². The van der Waals surface area contributed by atoms with Gasteiger partial charge in [-0.25, -0.2) is 0 Å². The second-order valence-corrected chi connectivity index (χ2v) is 5.97. The average molecular weight is 400 g/mol. The number of alkyl halides is 1. The summed E-state index contributed by atoms with van der Waals surface area (Å²) in [5, 5.41) is 31.1. The predicted octanol–water partition coefficient (Wildman–Crippen LogP) is 2.02. The highest BCUT2D eigenvalue weighted by Crippen LogP contribution is 2.02. The maximum absolute atomic E-state index is 8.44. The van der Waals surface area contributed by atoms with E-state index in [1.807, 2.05) is 6.07 Å². The van der Waals surface area contributed by atoms with Crippen molar-refractivity contribution in [3.05, 3.63) is 0 Å². The summed E-state index contributed by atoms with van der Waals surface area (Å²) in [5.41, 5.74) is 0. The monoisotopic (exact) mass is 399 g/mol. The highest BCUT2D eigenvalue weighted by molar-refractivity contribution is 6.17. The smallest absolute Gasteiger partial charge is 0.0635 e. The summed E-state index contributed by atoms with van der Waals surface area (Å²) in [6, 6.07) is 6.21. The zero-order chi connectivity index (χ0) is 18.6. The van der Waals surface area contributed by atoms with Gasteiger partial charge in [0.25, 0.3) is 0 Å². The average Bonchev–Trinajstić information content (AvgIpc) is 2.68. The minimum absolute atomic E-state index is 0. The molecule has 0 saturated carbocycles. The Morgan fingerprint density at radius 1 is 0.667 bits per heavy atom. The zero-order valence-corrected chi connectivity index (χ0v) is 15.8. The first-order valence-corrected chi connectivity index (χ1v) is 9.34. The summed E-state index contributed by atoms with van der Waals surface area (Å²) in [4.78, 5) is 4.62. The molecule has 27 heavy (non-hydrogen) atoms. The van der Waals surface area contributed by atoms with Gasteiger partial charge in [0, 0.05) is 90.6 Å². The van der Waals surface area contributed by atoms with Crippen LogP contribution in [0.2, 0.25) is 0 Å². The molecule has 0 radical (unpaired) electrons. The van der Waals surface area contributed by atoms with Crippen LogP contribution in [0, 0.1) is 34.0 Å². The largest absolute Gasteiger partial charge is 0.314 e. The molecule has 8 heteroatoms. The SMILES string of the molecule is C.C.C1CNCCN1.N#CCCCl.N#CCCN1CCN(CCC#N)CC1. The van der Waals surface area contributed by atoms with Crippen LogP contribution < -0.4 is 10.6 Å². The van der Waals surface area contributed by atoms with Crippen LogP contribution in [0.1, 0.15) is 34.1 Å². The number of halogens is 1. The minimum atomic E-state index is 0. The van der Waals surface area contributed by atoms with Crippen molar-refractivity contribution in [2.24, 2.45) is 0 Å². The van der Waals surface area contributed by atoms with Gasteiger partial charge >= 0.3 is 0 Å². The van der Waals surface area contributed by atoms with Crippen molar-refractivity contribution < 1.29 is 0 Å². The Balaban J connectivity index is -0.000000371. The molecule has 0 bridgehead atoms. The first kappa shape index (κ1) is 30.3. The molecule has 156 valence electrons. The van der Waals surface area contributed by atoms with Crippen molar-refractivity contribution in [2.75, 3.05) is 71.3 Å². The summed E-state index contributed by atoms with van der Waals surface area (Å²) >= 11 is 5.08. The fourth-order valence-corrected chi connectivity index (χ4v) is 2.38. The maximum atomic E-state index is 8.44. The van der Waals surface area contributed by atoms with Crippen LogP contribution in [-0.2, 0) is 0 Å². The van der Waals surface area contributed by atoms with Crippen molar-refractivity contribution in [1.82, 2.24) is 20.4 Å². The third-order valence-corrected chi connectivity index (χ3v) is 3.90. The van der Waals surface area contributed by atoms with Gasteiger partial charge in [-0.3, -0.25) is 9.80 Å². The van der Waals surface area contributed by atoms with Gasteiger partial charge in [-0.05, 0) is 0 Å². The molecule has 0 atom stereocenters. The van der Waals surface area contributed by atoms with Gasteiger partial charge in [0.1, 0.15) is 0 Å². The molecule has 2 saturated heterocycles. The molecule has 0 unspecified atom stereocenters. The molecule has 0 amide bonds. The molecule has 0 aromatic carbocycles. The number of hydrogen-bond donors (Lipinski definition) is 2. The fourth-order valence-electron chi connectivity index (χ4n) is 2.30. The number of piperazine rings is 2. The van der Waals surface area contributed by atoms with Gasteiger partial charge < -0.3 is 10.6 Å². The number of nitrogens with one attached hydrogen (secondary N) is 2. The number of nitrogens with zero attached hydrogens (tertiary/aromatic N) is 5. The number of nitriles is 3. The quantitative estimate of drug-likeness (QED) is 0.681. The van der Waals surface area contributed by atoms with Crippen LogP contribution >= 0.6 is 11.6 Å². The van der Waals surface area contributed by atoms with Crippen molar-refractivity contribution >= 4 is 11.6 Å². The van der Waals surface area contributed by atoms with E-state index in [1.165, 1.54) is 0 Å². The van der Waals surface area contributed by atoms with E-state index in [1.54, 1.807) is 0 Å². The molecule has 2 rings (SSSR count). The molecule has 2 aliphatic rings. The minimum Gasteiger partial charge on any atom is -0.314 e. The van der Waals surface area contributed by atoms with E-state index in [0.717, 1.165) is 65.4 Å². The van der Waals surface area contributed by atoms with Gasteiger partial charge in [-0.2, -0.15) is 15.8 Å². The van der Waals surface area contributed by atoms with Crippen molar-refractivity contribution in [3.63, 3.8) is 0 Å². The number of rotatable bonds is 5. The molecule has 2 heterocycles. The van der Waals surface area contributed by atoms with Crippen molar-refractivity contribution in [2.45, 2.75) is 34.1 Å². The fraction of sp³-hybridized carbons (Fsp3) is 0.842. The van der Waals surface area contributed by atoms with E-state index < -0.39 is 0 Å². The lowest BCUT2D eigenvalue weighted by Crippen LogP contribution is -2.46. The molecule has 2 fully saturated rings. The molecule has 0 spiro atoms. The van der Waals surface area contributed by atoms with Gasteiger partial charge in [0.15, 0.2) is 0 Å². The van der Waals surface area contributed by atoms with E-state index in [-0.39, 0.29) is 14.9 Å². The topological polar surface area (TPSA) is 102 Å². The Morgan fingerprint density at radius 3 is 1.19 bits per heavy atom. The van der Waals surface area contributed by atoms with E-state index in [0.29, 0.717) is 25.1 Å². The molecule has 0 aliphatic carbocycles. The Kier molecular flexibility index (Phi) is 27.6. The van der Waals surface area contributed by atoms with Gasteiger partial charge in [-0.1, -0.05) is 14.9 Å². The first-order chi connectivity index (χ1) is 12.3.